The molecule has 2 aromatic carbocycles. The number of carbonyl (C=O) groups excluding carboxylic acids is 1. The molecule has 1 aliphatic rings. The predicted octanol–water partition coefficient (Wildman–Crippen LogP) is 5.16. The van der Waals surface area contributed by atoms with E-state index in [2.05, 4.69) is 15.3 Å². The molecule has 0 saturated carbocycles. The van der Waals surface area contributed by atoms with Gasteiger partial charge in [-0.2, -0.15) is 0 Å². The first-order chi connectivity index (χ1) is 15.2. The largest absolute Gasteiger partial charge is 0.454 e. The van der Waals surface area contributed by atoms with Crippen LogP contribution in [-0.4, -0.2) is 22.7 Å². The number of oxazole rings is 1. The molecule has 31 heavy (non-hydrogen) atoms. The van der Waals surface area contributed by atoms with Crippen LogP contribution in [0.4, 0.5) is 5.13 Å². The minimum absolute atomic E-state index is 0.0820. The quantitative estimate of drug-likeness (QED) is 0.433. The fraction of sp³-hybridized carbons (Fsp3) is 0.174. The van der Waals surface area contributed by atoms with E-state index in [1.54, 1.807) is 6.20 Å². The normalized spacial score (nSPS) is 12.1. The monoisotopic (exact) mass is 433 g/mol. The number of carbonyl (C=O) groups is 1. The van der Waals surface area contributed by atoms with E-state index in [1.165, 1.54) is 11.3 Å². The highest BCUT2D eigenvalue weighted by Gasteiger charge is 2.15. The highest BCUT2D eigenvalue weighted by atomic mass is 32.1. The van der Waals surface area contributed by atoms with E-state index in [4.69, 9.17) is 13.9 Å². The molecule has 4 aromatic rings. The highest BCUT2D eigenvalue weighted by molar-refractivity contribution is 7.14. The molecule has 0 saturated heterocycles. The van der Waals surface area contributed by atoms with Crippen LogP contribution in [0.15, 0.2) is 64.5 Å². The van der Waals surface area contributed by atoms with Gasteiger partial charge in [0.15, 0.2) is 28.3 Å². The number of amides is 1. The maximum absolute atomic E-state index is 12.3. The first-order valence-electron chi connectivity index (χ1n) is 9.90. The fourth-order valence-corrected chi connectivity index (χ4v) is 4.00. The number of anilines is 1. The van der Waals surface area contributed by atoms with E-state index in [1.807, 2.05) is 53.9 Å². The minimum Gasteiger partial charge on any atom is -0.454 e. The number of hydrogen-bond donors (Lipinski definition) is 1. The second-order valence-corrected chi connectivity index (χ2v) is 7.85. The molecular formula is C23H19N3O4S. The molecule has 0 unspecified atom stereocenters. The van der Waals surface area contributed by atoms with Gasteiger partial charge in [-0.05, 0) is 24.6 Å². The lowest BCUT2D eigenvalue weighted by atomic mass is 10.1. The summed E-state index contributed by atoms with van der Waals surface area (Å²) in [6.45, 7) is 0.234. The Morgan fingerprint density at radius 3 is 2.84 bits per heavy atom. The summed E-state index contributed by atoms with van der Waals surface area (Å²) in [5, 5.41) is 5.34. The van der Waals surface area contributed by atoms with Crippen molar-refractivity contribution in [3.05, 3.63) is 66.0 Å². The minimum atomic E-state index is -0.0820. The van der Waals surface area contributed by atoms with Crippen molar-refractivity contribution in [3.8, 4) is 34.1 Å². The van der Waals surface area contributed by atoms with Gasteiger partial charge in [0.25, 0.3) is 0 Å². The lowest BCUT2D eigenvalue weighted by molar-refractivity contribution is -0.116. The van der Waals surface area contributed by atoms with Crippen molar-refractivity contribution in [1.82, 2.24) is 9.97 Å². The number of fused-ring (bicyclic) bond motifs is 1. The summed E-state index contributed by atoms with van der Waals surface area (Å²) >= 11 is 1.39. The molecule has 0 fully saturated rings. The van der Waals surface area contributed by atoms with Gasteiger partial charge in [-0.3, -0.25) is 4.79 Å². The Kier molecular flexibility index (Phi) is 5.37. The van der Waals surface area contributed by atoms with Gasteiger partial charge in [-0.25, -0.2) is 9.97 Å². The third kappa shape index (κ3) is 4.44. The van der Waals surface area contributed by atoms with Crippen molar-refractivity contribution in [2.75, 3.05) is 12.1 Å². The molecule has 0 bridgehead atoms. The first-order valence-corrected chi connectivity index (χ1v) is 10.8. The summed E-state index contributed by atoms with van der Waals surface area (Å²) in [6.07, 6.45) is 3.32. The third-order valence-corrected chi connectivity index (χ3v) is 5.58. The Morgan fingerprint density at radius 2 is 1.94 bits per heavy atom. The number of nitrogens with zero attached hydrogens (tertiary/aromatic N) is 2. The van der Waals surface area contributed by atoms with Crippen LogP contribution in [0, 0.1) is 0 Å². The van der Waals surface area contributed by atoms with Gasteiger partial charge in [0.1, 0.15) is 0 Å². The maximum atomic E-state index is 12.3. The summed E-state index contributed by atoms with van der Waals surface area (Å²) in [4.78, 5) is 21.1. The average Bonchev–Trinajstić information content (AvgIpc) is 3.55. The zero-order valence-corrected chi connectivity index (χ0v) is 17.4. The summed E-state index contributed by atoms with van der Waals surface area (Å²) in [5.74, 6) is 2.72. The van der Waals surface area contributed by atoms with Gasteiger partial charge in [-0.15, -0.1) is 11.3 Å². The molecule has 0 atom stereocenters. The molecule has 0 spiro atoms. The Morgan fingerprint density at radius 1 is 1.06 bits per heavy atom. The standard InChI is InChI=1S/C23H19N3O4S/c27-21(7-4-8-22-24-12-20(30-22)15-5-2-1-3-6-15)26-23-25-17(13-31-23)16-9-10-18-19(11-16)29-14-28-18/h1-3,5-6,9-13H,4,7-8,14H2,(H,25,26,27). The van der Waals surface area contributed by atoms with E-state index >= 15 is 0 Å². The molecule has 156 valence electrons. The van der Waals surface area contributed by atoms with Gasteiger partial charge in [0.2, 0.25) is 12.7 Å². The molecular weight excluding hydrogens is 414 g/mol. The highest BCUT2D eigenvalue weighted by Crippen LogP contribution is 2.36. The second kappa shape index (κ2) is 8.61. The molecule has 0 radical (unpaired) electrons. The number of rotatable bonds is 7. The van der Waals surface area contributed by atoms with Gasteiger partial charge in [0.05, 0.1) is 11.9 Å². The first kappa shape index (κ1) is 19.3. The molecule has 5 rings (SSSR count). The lowest BCUT2D eigenvalue weighted by Gasteiger charge is -2.01. The van der Waals surface area contributed by atoms with E-state index < -0.39 is 0 Å². The smallest absolute Gasteiger partial charge is 0.231 e. The third-order valence-electron chi connectivity index (χ3n) is 4.83. The van der Waals surface area contributed by atoms with Crippen LogP contribution in [0.3, 0.4) is 0 Å². The summed E-state index contributed by atoms with van der Waals surface area (Å²) in [6, 6.07) is 15.5. The topological polar surface area (TPSA) is 86.5 Å². The van der Waals surface area contributed by atoms with Gasteiger partial charge in [-0.1, -0.05) is 30.3 Å². The molecule has 1 aliphatic heterocycles. The van der Waals surface area contributed by atoms with E-state index in [-0.39, 0.29) is 12.7 Å². The summed E-state index contributed by atoms with van der Waals surface area (Å²) < 4.78 is 16.5. The van der Waals surface area contributed by atoms with Crippen LogP contribution >= 0.6 is 11.3 Å². The molecule has 3 heterocycles. The Balaban J connectivity index is 1.13. The fourth-order valence-electron chi connectivity index (χ4n) is 3.26. The lowest BCUT2D eigenvalue weighted by Crippen LogP contribution is -2.11. The SMILES string of the molecule is O=C(CCCc1ncc(-c2ccccc2)o1)Nc1nc(-c2ccc3c(c2)OCO3)cs1. The van der Waals surface area contributed by atoms with Crippen LogP contribution in [0.1, 0.15) is 18.7 Å². The van der Waals surface area contributed by atoms with Crippen molar-refractivity contribution >= 4 is 22.4 Å². The molecule has 8 heteroatoms. The Bertz CT molecular complexity index is 1200. The van der Waals surface area contributed by atoms with Gasteiger partial charge < -0.3 is 19.2 Å². The van der Waals surface area contributed by atoms with Gasteiger partial charge in [0, 0.05) is 29.3 Å². The molecule has 7 nitrogen and oxygen atoms in total. The number of ether oxygens (including phenoxy) is 2. The maximum Gasteiger partial charge on any atom is 0.231 e. The number of nitrogens with one attached hydrogen (secondary N) is 1. The zero-order valence-electron chi connectivity index (χ0n) is 16.5. The van der Waals surface area contributed by atoms with Crippen molar-refractivity contribution < 1.29 is 18.7 Å². The second-order valence-electron chi connectivity index (χ2n) is 6.99. The van der Waals surface area contributed by atoms with E-state index in [9.17, 15) is 4.79 Å². The van der Waals surface area contributed by atoms with E-state index in [0.29, 0.717) is 36.0 Å². The summed E-state index contributed by atoms with van der Waals surface area (Å²) in [7, 11) is 0. The molecule has 0 aliphatic carbocycles. The molecule has 1 amide bonds. The van der Waals surface area contributed by atoms with Crippen LogP contribution in [0.2, 0.25) is 0 Å². The van der Waals surface area contributed by atoms with Crippen molar-refractivity contribution in [3.63, 3.8) is 0 Å². The number of aromatic nitrogens is 2. The van der Waals surface area contributed by atoms with Crippen molar-refractivity contribution in [2.24, 2.45) is 0 Å². The summed E-state index contributed by atoms with van der Waals surface area (Å²) in [5.41, 5.74) is 2.69. The Labute approximate surface area is 182 Å². The van der Waals surface area contributed by atoms with Crippen molar-refractivity contribution in [2.45, 2.75) is 19.3 Å². The number of benzene rings is 2. The van der Waals surface area contributed by atoms with Crippen LogP contribution in [-0.2, 0) is 11.2 Å². The van der Waals surface area contributed by atoms with Crippen molar-refractivity contribution in [1.29, 1.82) is 0 Å². The predicted molar refractivity (Wildman–Crippen MR) is 117 cm³/mol. The average molecular weight is 433 g/mol. The number of thiazole rings is 1. The van der Waals surface area contributed by atoms with E-state index in [0.717, 1.165) is 28.3 Å². The number of hydrogen-bond acceptors (Lipinski definition) is 7. The van der Waals surface area contributed by atoms with Crippen LogP contribution in [0.5, 0.6) is 11.5 Å². The number of aryl methyl sites for hydroxylation is 1. The Hall–Kier alpha value is -3.65. The molecule has 2 aromatic heterocycles. The van der Waals surface area contributed by atoms with Gasteiger partial charge >= 0.3 is 0 Å². The van der Waals surface area contributed by atoms with Crippen LogP contribution < -0.4 is 14.8 Å². The van der Waals surface area contributed by atoms with Crippen LogP contribution in [0.25, 0.3) is 22.6 Å². The zero-order chi connectivity index (χ0) is 21.0. The molecule has 1 N–H and O–H groups in total.